The van der Waals surface area contributed by atoms with Crippen LogP contribution in [0.25, 0.3) is 0 Å². The predicted molar refractivity (Wildman–Crippen MR) is 76.3 cm³/mol. The Labute approximate surface area is 112 Å². The van der Waals surface area contributed by atoms with Crippen LogP contribution in [0.2, 0.25) is 0 Å². The fourth-order valence-electron chi connectivity index (χ4n) is 1.54. The number of benzene rings is 1. The predicted octanol–water partition coefficient (Wildman–Crippen LogP) is 3.18. The average Bonchev–Trinajstić information content (AvgIpc) is 2.48. The normalized spacial score (nSPS) is 10.7. The number of thiazole rings is 1. The van der Waals surface area contributed by atoms with Gasteiger partial charge in [-0.1, -0.05) is 23.5 Å². The van der Waals surface area contributed by atoms with Crippen LogP contribution in [-0.4, -0.2) is 4.57 Å². The van der Waals surface area contributed by atoms with Gasteiger partial charge in [0.15, 0.2) is 0 Å². The summed E-state index contributed by atoms with van der Waals surface area (Å²) >= 11 is 3.60. The Balaban J connectivity index is 2.34. The van der Waals surface area contributed by atoms with Crippen molar-refractivity contribution in [1.29, 1.82) is 0 Å². The maximum atomic E-state index is 11.7. The van der Waals surface area contributed by atoms with Gasteiger partial charge >= 0.3 is 4.87 Å². The lowest BCUT2D eigenvalue weighted by Crippen LogP contribution is -2.15. The van der Waals surface area contributed by atoms with E-state index in [1.54, 1.807) is 0 Å². The van der Waals surface area contributed by atoms with Crippen molar-refractivity contribution >= 4 is 33.9 Å². The molecule has 0 bridgehead atoms. The molecule has 84 valence electrons. The lowest BCUT2D eigenvalue weighted by molar-refractivity contribution is 0.751. The van der Waals surface area contributed by atoms with E-state index in [1.165, 1.54) is 20.5 Å². The molecule has 0 atom stereocenters. The summed E-state index contributed by atoms with van der Waals surface area (Å²) in [6.07, 6.45) is 0. The van der Waals surface area contributed by atoms with E-state index in [9.17, 15) is 4.79 Å². The van der Waals surface area contributed by atoms with E-state index in [2.05, 4.69) is 46.9 Å². The third kappa shape index (κ3) is 2.38. The van der Waals surface area contributed by atoms with Gasteiger partial charge in [0, 0.05) is 14.1 Å². The quantitative estimate of drug-likeness (QED) is 0.767. The van der Waals surface area contributed by atoms with E-state index in [0.717, 1.165) is 10.6 Å². The summed E-state index contributed by atoms with van der Waals surface area (Å²) in [5.74, 6) is 0. The third-order valence-corrected chi connectivity index (χ3v) is 4.34. The summed E-state index contributed by atoms with van der Waals surface area (Å²) in [5.41, 5.74) is 2.25. The topological polar surface area (TPSA) is 22.0 Å². The molecular weight excluding hydrogens is 333 g/mol. The summed E-state index contributed by atoms with van der Waals surface area (Å²) in [6.45, 7) is 4.66. The van der Waals surface area contributed by atoms with Gasteiger partial charge in [-0.2, -0.15) is 0 Å². The molecule has 0 N–H and O–H groups in total. The first-order chi connectivity index (χ1) is 7.58. The SMILES string of the molecule is Cc1sc(=O)n(Cc2ccc(I)cc2)c1C. The van der Waals surface area contributed by atoms with Gasteiger partial charge in [-0.15, -0.1) is 0 Å². The second kappa shape index (κ2) is 4.71. The molecule has 1 aromatic heterocycles. The molecule has 16 heavy (non-hydrogen) atoms. The van der Waals surface area contributed by atoms with Crippen LogP contribution in [0.4, 0.5) is 0 Å². The first-order valence-corrected chi connectivity index (χ1v) is 6.88. The molecule has 2 aromatic rings. The maximum absolute atomic E-state index is 11.7. The molecule has 2 nitrogen and oxygen atoms in total. The number of hydrogen-bond donors (Lipinski definition) is 0. The molecule has 0 aliphatic carbocycles. The smallest absolute Gasteiger partial charge is 0.299 e. The summed E-state index contributed by atoms with van der Waals surface area (Å²) in [5, 5.41) is 0. The molecule has 0 saturated carbocycles. The Morgan fingerprint density at radius 3 is 2.38 bits per heavy atom. The van der Waals surface area contributed by atoms with E-state index < -0.39 is 0 Å². The minimum absolute atomic E-state index is 0.133. The van der Waals surface area contributed by atoms with Gasteiger partial charge in [-0.25, -0.2) is 0 Å². The highest BCUT2D eigenvalue weighted by molar-refractivity contribution is 14.1. The number of aryl methyl sites for hydroxylation is 1. The van der Waals surface area contributed by atoms with Crippen molar-refractivity contribution in [1.82, 2.24) is 4.57 Å². The Morgan fingerprint density at radius 2 is 1.88 bits per heavy atom. The number of nitrogens with zero attached hydrogens (tertiary/aromatic N) is 1. The van der Waals surface area contributed by atoms with Crippen LogP contribution in [0.15, 0.2) is 29.1 Å². The Hall–Kier alpha value is -0.620. The Kier molecular flexibility index (Phi) is 3.49. The minimum atomic E-state index is 0.133. The molecule has 1 heterocycles. The molecule has 0 aliphatic rings. The van der Waals surface area contributed by atoms with Gasteiger partial charge in [0.05, 0.1) is 6.54 Å². The highest BCUT2D eigenvalue weighted by atomic mass is 127. The first kappa shape index (κ1) is 11.9. The van der Waals surface area contributed by atoms with Crippen molar-refractivity contribution in [2.75, 3.05) is 0 Å². The fourth-order valence-corrected chi connectivity index (χ4v) is 2.73. The zero-order valence-electron chi connectivity index (χ0n) is 9.16. The molecular formula is C12H12INOS. The van der Waals surface area contributed by atoms with Crippen molar-refractivity contribution in [3.63, 3.8) is 0 Å². The van der Waals surface area contributed by atoms with Gasteiger partial charge in [-0.05, 0) is 54.1 Å². The molecule has 1 aromatic carbocycles. The molecule has 0 amide bonds. The average molecular weight is 345 g/mol. The zero-order valence-corrected chi connectivity index (χ0v) is 12.1. The van der Waals surface area contributed by atoms with E-state index in [4.69, 9.17) is 0 Å². The van der Waals surface area contributed by atoms with E-state index >= 15 is 0 Å². The summed E-state index contributed by atoms with van der Waals surface area (Å²) < 4.78 is 3.05. The molecule has 2 rings (SSSR count). The van der Waals surface area contributed by atoms with Gasteiger partial charge < -0.3 is 0 Å². The highest BCUT2D eigenvalue weighted by Crippen LogP contribution is 2.13. The van der Waals surface area contributed by atoms with Gasteiger partial charge in [0.25, 0.3) is 0 Å². The third-order valence-electron chi connectivity index (χ3n) is 2.63. The van der Waals surface area contributed by atoms with Crippen molar-refractivity contribution < 1.29 is 0 Å². The summed E-state index contributed by atoms with van der Waals surface area (Å²) in [6, 6.07) is 8.27. The molecule has 0 spiro atoms. The van der Waals surface area contributed by atoms with E-state index in [1.807, 2.05) is 18.4 Å². The van der Waals surface area contributed by atoms with Crippen LogP contribution in [0.3, 0.4) is 0 Å². The maximum Gasteiger partial charge on any atom is 0.307 e. The van der Waals surface area contributed by atoms with E-state index in [0.29, 0.717) is 6.54 Å². The largest absolute Gasteiger partial charge is 0.307 e. The van der Waals surface area contributed by atoms with Gasteiger partial charge in [0.1, 0.15) is 0 Å². The summed E-state index contributed by atoms with van der Waals surface area (Å²) in [4.78, 5) is 13.0. The number of halogens is 1. The molecule has 0 saturated heterocycles. The molecule has 0 fully saturated rings. The van der Waals surface area contributed by atoms with Gasteiger partial charge in [0.2, 0.25) is 0 Å². The second-order valence-corrected chi connectivity index (χ2v) is 6.13. The van der Waals surface area contributed by atoms with Crippen LogP contribution in [-0.2, 0) is 6.54 Å². The zero-order chi connectivity index (χ0) is 11.7. The lowest BCUT2D eigenvalue weighted by Gasteiger charge is -2.05. The van der Waals surface area contributed by atoms with Crippen molar-refractivity contribution in [2.45, 2.75) is 20.4 Å². The molecule has 0 unspecified atom stereocenters. The highest BCUT2D eigenvalue weighted by Gasteiger charge is 2.07. The minimum Gasteiger partial charge on any atom is -0.299 e. The van der Waals surface area contributed by atoms with Crippen LogP contribution in [0, 0.1) is 17.4 Å². The molecule has 0 aliphatic heterocycles. The number of aromatic nitrogens is 1. The molecule has 4 heteroatoms. The Bertz CT molecular complexity index is 553. The van der Waals surface area contributed by atoms with Crippen molar-refractivity contribution in [3.8, 4) is 0 Å². The van der Waals surface area contributed by atoms with Gasteiger partial charge in [-0.3, -0.25) is 9.36 Å². The number of rotatable bonds is 2. The number of hydrogen-bond acceptors (Lipinski definition) is 2. The second-order valence-electron chi connectivity index (χ2n) is 3.72. The Morgan fingerprint density at radius 1 is 1.25 bits per heavy atom. The van der Waals surface area contributed by atoms with Crippen molar-refractivity contribution in [2.24, 2.45) is 0 Å². The fraction of sp³-hybridized carbons (Fsp3) is 0.250. The van der Waals surface area contributed by atoms with Crippen molar-refractivity contribution in [3.05, 3.63) is 53.6 Å². The van der Waals surface area contributed by atoms with Crippen LogP contribution < -0.4 is 4.87 Å². The van der Waals surface area contributed by atoms with Crippen LogP contribution in [0.1, 0.15) is 16.1 Å². The lowest BCUT2D eigenvalue weighted by atomic mass is 10.2. The van der Waals surface area contributed by atoms with Crippen LogP contribution >= 0.6 is 33.9 Å². The van der Waals surface area contributed by atoms with E-state index in [-0.39, 0.29) is 4.87 Å². The standard InChI is InChI=1S/C12H12INOS/c1-8-9(2)16-12(15)14(8)7-10-3-5-11(13)6-4-10/h3-6H,7H2,1-2H3. The molecule has 0 radical (unpaired) electrons. The monoisotopic (exact) mass is 345 g/mol. The summed E-state index contributed by atoms with van der Waals surface area (Å²) in [7, 11) is 0. The van der Waals surface area contributed by atoms with Crippen LogP contribution in [0.5, 0.6) is 0 Å². The first-order valence-electron chi connectivity index (χ1n) is 4.99.